The van der Waals surface area contributed by atoms with Gasteiger partial charge in [-0.25, -0.2) is 0 Å². The zero-order valence-corrected chi connectivity index (χ0v) is 19.8. The van der Waals surface area contributed by atoms with Gasteiger partial charge >= 0.3 is 0 Å². The van der Waals surface area contributed by atoms with E-state index in [1.54, 1.807) is 0 Å². The van der Waals surface area contributed by atoms with Crippen molar-refractivity contribution in [1.82, 2.24) is 16.0 Å². The SMILES string of the molecule is NCCC(=O)NCC(=O)CCC(=O)N[C@@H](Cc1ccccc1)C(=O)CCC(=O)NCCCC(N)=O. The number of carbonyl (C=O) groups is 6. The highest BCUT2D eigenvalue weighted by atomic mass is 16.2. The normalized spacial score (nSPS) is 11.2. The summed E-state index contributed by atoms with van der Waals surface area (Å²) in [5.74, 6) is -2.23. The largest absolute Gasteiger partial charge is 0.370 e. The van der Waals surface area contributed by atoms with Crippen molar-refractivity contribution in [3.05, 3.63) is 35.9 Å². The lowest BCUT2D eigenvalue weighted by Crippen LogP contribution is -2.43. The van der Waals surface area contributed by atoms with Gasteiger partial charge in [0.1, 0.15) is 0 Å². The predicted octanol–water partition coefficient (Wildman–Crippen LogP) is -0.741. The van der Waals surface area contributed by atoms with Gasteiger partial charge in [0.25, 0.3) is 0 Å². The first-order valence-electron chi connectivity index (χ1n) is 11.6. The van der Waals surface area contributed by atoms with E-state index < -0.39 is 17.9 Å². The van der Waals surface area contributed by atoms with Gasteiger partial charge in [0, 0.05) is 51.6 Å². The van der Waals surface area contributed by atoms with Crippen molar-refractivity contribution in [3.63, 3.8) is 0 Å². The van der Waals surface area contributed by atoms with Crippen molar-refractivity contribution in [1.29, 1.82) is 0 Å². The molecule has 0 unspecified atom stereocenters. The monoisotopic (exact) mass is 489 g/mol. The highest BCUT2D eigenvalue weighted by Crippen LogP contribution is 2.08. The first-order chi connectivity index (χ1) is 16.7. The third kappa shape index (κ3) is 14.3. The zero-order chi connectivity index (χ0) is 26.1. The molecule has 0 heterocycles. The van der Waals surface area contributed by atoms with Crippen LogP contribution in [-0.2, 0) is 35.2 Å². The molecule has 0 radical (unpaired) electrons. The minimum Gasteiger partial charge on any atom is -0.370 e. The Bertz CT molecular complexity index is 874. The average Bonchev–Trinajstić information content (AvgIpc) is 2.83. The van der Waals surface area contributed by atoms with Crippen LogP contribution in [0.15, 0.2) is 30.3 Å². The number of hydrogen-bond acceptors (Lipinski definition) is 7. The Labute approximate surface area is 204 Å². The molecule has 1 aromatic carbocycles. The lowest BCUT2D eigenvalue weighted by Gasteiger charge is -2.18. The third-order valence-corrected chi connectivity index (χ3v) is 5.01. The van der Waals surface area contributed by atoms with Gasteiger partial charge in [-0.1, -0.05) is 30.3 Å². The lowest BCUT2D eigenvalue weighted by atomic mass is 9.99. The first kappa shape index (κ1) is 29.4. The van der Waals surface area contributed by atoms with Crippen molar-refractivity contribution in [2.75, 3.05) is 19.6 Å². The molecule has 0 bridgehead atoms. The Morgan fingerprint density at radius 2 is 1.43 bits per heavy atom. The predicted molar refractivity (Wildman–Crippen MR) is 129 cm³/mol. The van der Waals surface area contributed by atoms with Gasteiger partial charge < -0.3 is 27.4 Å². The molecule has 0 aromatic heterocycles. The van der Waals surface area contributed by atoms with Gasteiger partial charge in [0.15, 0.2) is 11.6 Å². The number of Topliss-reactive ketones (excluding diaryl/α,β-unsaturated/α-hetero) is 2. The van der Waals surface area contributed by atoms with Crippen LogP contribution in [0, 0.1) is 0 Å². The van der Waals surface area contributed by atoms with Gasteiger partial charge in [-0.3, -0.25) is 28.8 Å². The van der Waals surface area contributed by atoms with Crippen LogP contribution in [0.25, 0.3) is 0 Å². The number of nitrogens with two attached hydrogens (primary N) is 2. The zero-order valence-electron chi connectivity index (χ0n) is 19.8. The number of primary amides is 1. The summed E-state index contributed by atoms with van der Waals surface area (Å²) in [7, 11) is 0. The Balaban J connectivity index is 2.56. The number of nitrogens with one attached hydrogen (secondary N) is 3. The summed E-state index contributed by atoms with van der Waals surface area (Å²) < 4.78 is 0. The lowest BCUT2D eigenvalue weighted by molar-refractivity contribution is -0.130. The van der Waals surface area contributed by atoms with Crippen molar-refractivity contribution in [2.24, 2.45) is 11.5 Å². The minimum absolute atomic E-state index is 0.0580. The van der Waals surface area contributed by atoms with E-state index in [-0.39, 0.29) is 88.0 Å². The fourth-order valence-corrected chi connectivity index (χ4v) is 3.11. The van der Waals surface area contributed by atoms with Crippen LogP contribution >= 0.6 is 0 Å². The van der Waals surface area contributed by atoms with Crippen molar-refractivity contribution in [3.8, 4) is 0 Å². The van der Waals surface area contributed by atoms with E-state index in [0.717, 1.165) is 5.56 Å². The van der Waals surface area contributed by atoms with Crippen molar-refractivity contribution >= 4 is 35.2 Å². The highest BCUT2D eigenvalue weighted by molar-refractivity contribution is 5.93. The van der Waals surface area contributed by atoms with Gasteiger partial charge in [-0.15, -0.1) is 0 Å². The Hall–Kier alpha value is -3.60. The van der Waals surface area contributed by atoms with Crippen molar-refractivity contribution in [2.45, 2.75) is 57.4 Å². The van der Waals surface area contributed by atoms with E-state index in [0.29, 0.717) is 6.42 Å². The molecule has 7 N–H and O–H groups in total. The van der Waals surface area contributed by atoms with Crippen LogP contribution < -0.4 is 27.4 Å². The minimum atomic E-state index is -0.855. The molecule has 0 fully saturated rings. The van der Waals surface area contributed by atoms with E-state index in [9.17, 15) is 28.8 Å². The first-order valence-corrected chi connectivity index (χ1v) is 11.6. The van der Waals surface area contributed by atoms with E-state index in [1.165, 1.54) is 0 Å². The summed E-state index contributed by atoms with van der Waals surface area (Å²) in [4.78, 5) is 71.2. The van der Waals surface area contributed by atoms with Crippen LogP contribution in [-0.4, -0.2) is 60.9 Å². The number of ketones is 2. The Morgan fingerprint density at radius 3 is 2.09 bits per heavy atom. The quantitative estimate of drug-likeness (QED) is 0.168. The van der Waals surface area contributed by atoms with Crippen LogP contribution in [0.1, 0.15) is 50.5 Å². The molecule has 1 atom stereocenters. The van der Waals surface area contributed by atoms with Gasteiger partial charge in [0.2, 0.25) is 23.6 Å². The molecule has 0 saturated carbocycles. The van der Waals surface area contributed by atoms with Crippen LogP contribution in [0.3, 0.4) is 0 Å². The van der Waals surface area contributed by atoms with E-state index in [2.05, 4.69) is 16.0 Å². The molecule has 35 heavy (non-hydrogen) atoms. The molecule has 192 valence electrons. The fourth-order valence-electron chi connectivity index (χ4n) is 3.11. The number of hydrogen-bond donors (Lipinski definition) is 5. The summed E-state index contributed by atoms with van der Waals surface area (Å²) in [6, 6.07) is 8.26. The molecule has 0 aliphatic heterocycles. The molecule has 1 aromatic rings. The highest BCUT2D eigenvalue weighted by Gasteiger charge is 2.22. The summed E-state index contributed by atoms with van der Waals surface area (Å²) in [5, 5.41) is 7.72. The third-order valence-electron chi connectivity index (χ3n) is 5.01. The summed E-state index contributed by atoms with van der Waals surface area (Å²) in [6.07, 6.45) is 0.573. The van der Waals surface area contributed by atoms with E-state index in [4.69, 9.17) is 11.5 Å². The number of amides is 4. The summed E-state index contributed by atoms with van der Waals surface area (Å²) >= 11 is 0. The smallest absolute Gasteiger partial charge is 0.221 e. The van der Waals surface area contributed by atoms with Gasteiger partial charge in [-0.2, -0.15) is 0 Å². The fraction of sp³-hybridized carbons (Fsp3) is 0.500. The van der Waals surface area contributed by atoms with Crippen LogP contribution in [0.2, 0.25) is 0 Å². The second kappa shape index (κ2) is 16.9. The topological polar surface area (TPSA) is 191 Å². The molecule has 0 spiro atoms. The molecule has 0 aliphatic carbocycles. The van der Waals surface area contributed by atoms with E-state index >= 15 is 0 Å². The second-order valence-electron chi connectivity index (χ2n) is 8.05. The Kier molecular flexibility index (Phi) is 14.2. The number of carbonyl (C=O) groups excluding carboxylic acids is 6. The maximum Gasteiger partial charge on any atom is 0.221 e. The molecule has 11 heteroatoms. The molecule has 11 nitrogen and oxygen atoms in total. The van der Waals surface area contributed by atoms with Gasteiger partial charge in [-0.05, 0) is 18.4 Å². The average molecular weight is 490 g/mol. The number of benzene rings is 1. The standard InChI is InChI=1S/C24H35N5O6/c25-13-12-23(34)28-16-18(30)8-10-24(35)29-19(15-17-5-2-1-3-6-17)20(31)9-11-22(33)27-14-4-7-21(26)32/h1-3,5-6,19H,4,7-16,25H2,(H2,26,32)(H,27,33)(H,28,34)(H,29,35)/t19-/m0/s1. The Morgan fingerprint density at radius 1 is 0.771 bits per heavy atom. The molecule has 4 amide bonds. The summed E-state index contributed by atoms with van der Waals surface area (Å²) in [5.41, 5.74) is 11.2. The molecule has 1 rings (SSSR count). The maximum atomic E-state index is 12.8. The van der Waals surface area contributed by atoms with Gasteiger partial charge in [0.05, 0.1) is 12.6 Å². The van der Waals surface area contributed by atoms with Crippen LogP contribution in [0.5, 0.6) is 0 Å². The molecular weight excluding hydrogens is 454 g/mol. The molecule has 0 aliphatic rings. The molecule has 0 saturated heterocycles. The second-order valence-corrected chi connectivity index (χ2v) is 8.05. The van der Waals surface area contributed by atoms with Crippen molar-refractivity contribution < 1.29 is 28.8 Å². The van der Waals surface area contributed by atoms with E-state index in [1.807, 2.05) is 30.3 Å². The van der Waals surface area contributed by atoms with Crippen LogP contribution in [0.4, 0.5) is 0 Å². The summed E-state index contributed by atoms with van der Waals surface area (Å²) in [6.45, 7) is 0.268. The maximum absolute atomic E-state index is 12.8. The number of rotatable bonds is 18. The molecular formula is C24H35N5O6.